The first-order chi connectivity index (χ1) is 8.85. The van der Waals surface area contributed by atoms with Gasteiger partial charge in [0.15, 0.2) is 0 Å². The van der Waals surface area contributed by atoms with Gasteiger partial charge in [-0.2, -0.15) is 11.8 Å². The maximum absolute atomic E-state index is 11.8. The number of rotatable bonds is 9. The van der Waals surface area contributed by atoms with E-state index in [1.165, 1.54) is 18.9 Å². The Bertz CT molecular complexity index is 336. The Morgan fingerprint density at radius 2 is 2.00 bits per heavy atom. The lowest BCUT2D eigenvalue weighted by Gasteiger charge is -2.27. The molecule has 0 aromatic rings. The van der Waals surface area contributed by atoms with Gasteiger partial charge < -0.3 is 15.8 Å². The van der Waals surface area contributed by atoms with Gasteiger partial charge in [0.05, 0.1) is 12.9 Å². The molecule has 0 radical (unpaired) electrons. The number of nitrogens with one attached hydrogen (secondary N) is 1. The number of carbonyl (C=O) groups excluding carboxylic acids is 3. The van der Waals surface area contributed by atoms with Gasteiger partial charge in [-0.3, -0.25) is 9.59 Å². The number of nitrogens with two attached hydrogens (primary N) is 1. The van der Waals surface area contributed by atoms with Crippen LogP contribution in [0.3, 0.4) is 0 Å². The summed E-state index contributed by atoms with van der Waals surface area (Å²) in [6.45, 7) is 3.58. The normalized spacial score (nSPS) is 13.4. The van der Waals surface area contributed by atoms with Crippen LogP contribution in [0, 0.1) is 0 Å². The van der Waals surface area contributed by atoms with Crippen LogP contribution in [0.4, 0.5) is 0 Å². The number of hydrogen-bond acceptors (Lipinski definition) is 5. The second-order valence-corrected chi connectivity index (χ2v) is 5.50. The van der Waals surface area contributed by atoms with E-state index < -0.39 is 17.4 Å². The molecule has 0 aromatic heterocycles. The second kappa shape index (κ2) is 8.79. The first-order valence-corrected chi connectivity index (χ1v) is 7.26. The van der Waals surface area contributed by atoms with E-state index in [1.54, 1.807) is 6.92 Å². The van der Waals surface area contributed by atoms with Crippen molar-refractivity contribution in [2.75, 3.05) is 18.6 Å². The third-order valence-corrected chi connectivity index (χ3v) is 3.50. The third kappa shape index (κ3) is 7.05. The molecule has 0 rings (SSSR count). The number of amides is 2. The summed E-state index contributed by atoms with van der Waals surface area (Å²) in [7, 11) is 1.30. The molecular weight excluding hydrogens is 268 g/mol. The fourth-order valence-corrected chi connectivity index (χ4v) is 2.32. The minimum atomic E-state index is -0.991. The van der Waals surface area contributed by atoms with Crippen molar-refractivity contribution in [3.63, 3.8) is 0 Å². The first kappa shape index (κ1) is 17.8. The van der Waals surface area contributed by atoms with Crippen molar-refractivity contribution in [1.82, 2.24) is 5.32 Å². The summed E-state index contributed by atoms with van der Waals surface area (Å²) in [5.41, 5.74) is 4.00. The summed E-state index contributed by atoms with van der Waals surface area (Å²) in [5, 5.41) is 2.69. The van der Waals surface area contributed by atoms with Gasteiger partial charge in [-0.1, -0.05) is 13.3 Å². The Kier molecular flexibility index (Phi) is 8.22. The number of ether oxygens (including phenoxy) is 1. The van der Waals surface area contributed by atoms with Crippen molar-refractivity contribution in [3.05, 3.63) is 0 Å². The van der Waals surface area contributed by atoms with Crippen LogP contribution in [0.5, 0.6) is 0 Å². The van der Waals surface area contributed by atoms with Gasteiger partial charge in [-0.15, -0.1) is 0 Å². The first-order valence-electron chi connectivity index (χ1n) is 6.11. The largest absolute Gasteiger partial charge is 0.467 e. The molecule has 7 heteroatoms. The van der Waals surface area contributed by atoms with Crippen LogP contribution in [-0.4, -0.2) is 41.9 Å². The highest BCUT2D eigenvalue weighted by molar-refractivity contribution is 7.99. The minimum Gasteiger partial charge on any atom is -0.467 e. The minimum absolute atomic E-state index is 0.191. The number of primary amides is 1. The summed E-state index contributed by atoms with van der Waals surface area (Å²) in [5.74, 6) is -0.420. The number of thioether (sulfide) groups is 1. The molecule has 0 spiro atoms. The van der Waals surface area contributed by atoms with Gasteiger partial charge in [0, 0.05) is 12.2 Å². The predicted molar refractivity (Wildman–Crippen MR) is 74.6 cm³/mol. The van der Waals surface area contributed by atoms with Crippen LogP contribution in [-0.2, 0) is 19.1 Å². The lowest BCUT2D eigenvalue weighted by molar-refractivity contribution is -0.150. The Morgan fingerprint density at radius 3 is 2.47 bits per heavy atom. The van der Waals surface area contributed by atoms with E-state index in [4.69, 9.17) is 10.5 Å². The van der Waals surface area contributed by atoms with E-state index >= 15 is 0 Å². The van der Waals surface area contributed by atoms with Crippen LogP contribution in [0.2, 0.25) is 0 Å². The topological polar surface area (TPSA) is 98.5 Å². The van der Waals surface area contributed by atoms with Gasteiger partial charge >= 0.3 is 5.97 Å². The lowest BCUT2D eigenvalue weighted by Crippen LogP contribution is -2.52. The van der Waals surface area contributed by atoms with Crippen molar-refractivity contribution in [3.8, 4) is 0 Å². The maximum atomic E-state index is 11.8. The van der Waals surface area contributed by atoms with Crippen molar-refractivity contribution in [2.45, 2.75) is 38.6 Å². The van der Waals surface area contributed by atoms with Gasteiger partial charge in [0.2, 0.25) is 11.8 Å². The average molecular weight is 290 g/mol. The molecule has 0 bridgehead atoms. The lowest BCUT2D eigenvalue weighted by atomic mass is 9.96. The Hall–Kier alpha value is -1.24. The van der Waals surface area contributed by atoms with E-state index in [0.717, 1.165) is 6.42 Å². The van der Waals surface area contributed by atoms with Crippen molar-refractivity contribution < 1.29 is 19.1 Å². The van der Waals surface area contributed by atoms with Crippen molar-refractivity contribution in [2.24, 2.45) is 5.73 Å². The maximum Gasteiger partial charge on any atom is 0.331 e. The fourth-order valence-electron chi connectivity index (χ4n) is 1.65. The number of hydrogen-bond donors (Lipinski definition) is 2. The van der Waals surface area contributed by atoms with E-state index in [2.05, 4.69) is 5.32 Å². The molecule has 2 amide bonds. The molecule has 0 aromatic carbocycles. The average Bonchev–Trinajstić information content (AvgIpc) is 2.33. The second-order valence-electron chi connectivity index (χ2n) is 4.39. The summed E-state index contributed by atoms with van der Waals surface area (Å²) < 4.78 is 4.71. The Balaban J connectivity index is 4.24. The van der Waals surface area contributed by atoms with Crippen LogP contribution >= 0.6 is 11.8 Å². The molecule has 6 nitrogen and oxygen atoms in total. The van der Waals surface area contributed by atoms with Crippen LogP contribution < -0.4 is 11.1 Å². The van der Waals surface area contributed by atoms with Gasteiger partial charge in [-0.25, -0.2) is 4.79 Å². The fraction of sp³-hybridized carbons (Fsp3) is 0.750. The molecule has 19 heavy (non-hydrogen) atoms. The van der Waals surface area contributed by atoms with E-state index in [9.17, 15) is 14.4 Å². The molecule has 1 atom stereocenters. The Morgan fingerprint density at radius 1 is 1.37 bits per heavy atom. The summed E-state index contributed by atoms with van der Waals surface area (Å²) >= 11 is 1.29. The zero-order valence-corrected chi connectivity index (χ0v) is 12.5. The van der Waals surface area contributed by atoms with Gasteiger partial charge in [-0.05, 0) is 13.3 Å². The summed E-state index contributed by atoms with van der Waals surface area (Å²) in [4.78, 5) is 34.0. The van der Waals surface area contributed by atoms with Gasteiger partial charge in [0.1, 0.15) is 5.54 Å². The highest BCUT2D eigenvalue weighted by Gasteiger charge is 2.34. The standard InChI is InChI=1S/C12H22N2O4S/c1-4-6-12(2,11(17)18-3)14-10(16)5-7-19-8-9(13)15/h4-8H2,1-3H3,(H2,13,15)(H,14,16). The molecule has 0 saturated carbocycles. The zero-order valence-electron chi connectivity index (χ0n) is 11.7. The summed E-state index contributed by atoms with van der Waals surface area (Å²) in [6, 6.07) is 0. The highest BCUT2D eigenvalue weighted by atomic mass is 32.2. The smallest absolute Gasteiger partial charge is 0.331 e. The quantitative estimate of drug-likeness (QED) is 0.474. The van der Waals surface area contributed by atoms with E-state index in [1.807, 2.05) is 6.92 Å². The monoisotopic (exact) mass is 290 g/mol. The van der Waals surface area contributed by atoms with Gasteiger partial charge in [0.25, 0.3) is 0 Å². The zero-order chi connectivity index (χ0) is 14.9. The Labute approximate surface area is 117 Å². The van der Waals surface area contributed by atoms with E-state index in [-0.39, 0.29) is 18.1 Å². The van der Waals surface area contributed by atoms with Crippen molar-refractivity contribution in [1.29, 1.82) is 0 Å². The van der Waals surface area contributed by atoms with Crippen LogP contribution in [0.1, 0.15) is 33.1 Å². The molecule has 0 fully saturated rings. The predicted octanol–water partition coefficient (Wildman–Crippen LogP) is 0.443. The van der Waals surface area contributed by atoms with Crippen molar-refractivity contribution >= 4 is 29.5 Å². The number of carbonyl (C=O) groups is 3. The number of esters is 1. The molecule has 3 N–H and O–H groups in total. The van der Waals surface area contributed by atoms with Crippen LogP contribution in [0.25, 0.3) is 0 Å². The number of methoxy groups -OCH3 is 1. The molecule has 0 aliphatic heterocycles. The highest BCUT2D eigenvalue weighted by Crippen LogP contribution is 2.15. The molecular formula is C12H22N2O4S. The molecule has 0 aliphatic carbocycles. The SMILES string of the molecule is CCCC(C)(NC(=O)CCSCC(N)=O)C(=O)OC. The molecule has 0 saturated heterocycles. The molecule has 110 valence electrons. The third-order valence-electron chi connectivity index (χ3n) is 2.52. The molecule has 0 heterocycles. The summed E-state index contributed by atoms with van der Waals surface area (Å²) in [6.07, 6.45) is 1.50. The molecule has 0 aliphatic rings. The van der Waals surface area contributed by atoms with Crippen LogP contribution in [0.15, 0.2) is 0 Å². The van der Waals surface area contributed by atoms with E-state index in [0.29, 0.717) is 12.2 Å². The molecule has 1 unspecified atom stereocenters.